The molecule has 18 heavy (non-hydrogen) atoms. The topological polar surface area (TPSA) is 17.1 Å². The molecule has 0 bridgehead atoms. The predicted octanol–water partition coefficient (Wildman–Crippen LogP) is 4.84. The lowest BCUT2D eigenvalue weighted by Gasteiger charge is -2.10. The van der Waals surface area contributed by atoms with E-state index in [-0.39, 0.29) is 0 Å². The summed E-state index contributed by atoms with van der Waals surface area (Å²) in [5.41, 5.74) is 2.15. The molecule has 1 aliphatic rings. The minimum atomic E-state index is 0.301. The van der Waals surface area contributed by atoms with Crippen LogP contribution in [0.1, 0.15) is 44.1 Å². The van der Waals surface area contributed by atoms with Gasteiger partial charge in [0, 0.05) is 10.9 Å². The summed E-state index contributed by atoms with van der Waals surface area (Å²) in [7, 11) is 0. The summed E-state index contributed by atoms with van der Waals surface area (Å²) in [5, 5.41) is 0. The first-order chi connectivity index (χ1) is 8.75. The van der Waals surface area contributed by atoms with Crippen LogP contribution in [0.4, 0.5) is 0 Å². The van der Waals surface area contributed by atoms with Gasteiger partial charge in [-0.25, -0.2) is 0 Å². The molecule has 0 aliphatic heterocycles. The summed E-state index contributed by atoms with van der Waals surface area (Å²) in [6.07, 6.45) is 9.70. The lowest BCUT2D eigenvalue weighted by atomic mass is 9.94. The van der Waals surface area contributed by atoms with Crippen molar-refractivity contribution < 1.29 is 4.79 Å². The SMILES string of the molecule is O=C(Cc1cccc(Br)c1)/C1=C/CCCCCC1. The zero-order valence-corrected chi connectivity index (χ0v) is 12.2. The largest absolute Gasteiger partial charge is 0.294 e. The monoisotopic (exact) mass is 306 g/mol. The summed E-state index contributed by atoms with van der Waals surface area (Å²) in [5.74, 6) is 0.301. The molecule has 2 rings (SSSR count). The third-order valence-corrected chi connectivity index (χ3v) is 3.90. The molecule has 0 atom stereocenters. The van der Waals surface area contributed by atoms with Gasteiger partial charge >= 0.3 is 0 Å². The van der Waals surface area contributed by atoms with E-state index in [0.29, 0.717) is 12.2 Å². The highest BCUT2D eigenvalue weighted by Gasteiger charge is 2.11. The van der Waals surface area contributed by atoms with E-state index in [1.807, 2.05) is 24.3 Å². The van der Waals surface area contributed by atoms with Crippen molar-refractivity contribution in [1.29, 1.82) is 0 Å². The maximum atomic E-state index is 12.3. The summed E-state index contributed by atoms with van der Waals surface area (Å²) in [4.78, 5) is 12.3. The maximum Gasteiger partial charge on any atom is 0.162 e. The van der Waals surface area contributed by atoms with Gasteiger partial charge in [-0.2, -0.15) is 0 Å². The molecular weight excluding hydrogens is 288 g/mol. The Morgan fingerprint density at radius 3 is 2.83 bits per heavy atom. The van der Waals surface area contributed by atoms with E-state index in [4.69, 9.17) is 0 Å². The molecule has 0 saturated carbocycles. The van der Waals surface area contributed by atoms with Crippen LogP contribution in [0, 0.1) is 0 Å². The second-order valence-electron chi connectivity index (χ2n) is 4.91. The first kappa shape index (κ1) is 13.5. The second-order valence-corrected chi connectivity index (χ2v) is 5.83. The van der Waals surface area contributed by atoms with Crippen LogP contribution in [0.25, 0.3) is 0 Å². The fraction of sp³-hybridized carbons (Fsp3) is 0.438. The van der Waals surface area contributed by atoms with Gasteiger partial charge in [0.05, 0.1) is 0 Å². The molecule has 0 radical (unpaired) electrons. The molecular formula is C16H19BrO. The normalized spacial score (nSPS) is 19.5. The molecule has 0 spiro atoms. The first-order valence-electron chi connectivity index (χ1n) is 6.72. The highest BCUT2D eigenvalue weighted by atomic mass is 79.9. The second kappa shape index (κ2) is 6.89. The van der Waals surface area contributed by atoms with E-state index in [2.05, 4.69) is 22.0 Å². The number of Topliss-reactive ketones (excluding diaryl/α,β-unsaturated/α-hetero) is 1. The van der Waals surface area contributed by atoms with Gasteiger partial charge < -0.3 is 0 Å². The van der Waals surface area contributed by atoms with E-state index in [1.54, 1.807) is 0 Å². The van der Waals surface area contributed by atoms with Gasteiger partial charge in [0.1, 0.15) is 0 Å². The van der Waals surface area contributed by atoms with E-state index < -0.39 is 0 Å². The van der Waals surface area contributed by atoms with Crippen molar-refractivity contribution in [3.63, 3.8) is 0 Å². The number of allylic oxidation sites excluding steroid dienone is 2. The molecule has 2 heteroatoms. The predicted molar refractivity (Wildman–Crippen MR) is 78.6 cm³/mol. The molecule has 0 unspecified atom stereocenters. The Morgan fingerprint density at radius 2 is 2.00 bits per heavy atom. The highest BCUT2D eigenvalue weighted by Crippen LogP contribution is 2.20. The van der Waals surface area contributed by atoms with Crippen LogP contribution in [0.3, 0.4) is 0 Å². The van der Waals surface area contributed by atoms with Crippen LogP contribution in [0.5, 0.6) is 0 Å². The molecule has 0 amide bonds. The van der Waals surface area contributed by atoms with Crippen LogP contribution in [-0.4, -0.2) is 5.78 Å². The van der Waals surface area contributed by atoms with Crippen LogP contribution in [0.15, 0.2) is 40.4 Å². The van der Waals surface area contributed by atoms with Crippen LogP contribution >= 0.6 is 15.9 Å². The lowest BCUT2D eigenvalue weighted by Crippen LogP contribution is -2.08. The van der Waals surface area contributed by atoms with Gasteiger partial charge in [0.25, 0.3) is 0 Å². The molecule has 0 heterocycles. The molecule has 1 aromatic carbocycles. The molecule has 96 valence electrons. The number of halogens is 1. The van der Waals surface area contributed by atoms with Crippen molar-refractivity contribution in [2.45, 2.75) is 44.9 Å². The first-order valence-corrected chi connectivity index (χ1v) is 7.52. The third-order valence-electron chi connectivity index (χ3n) is 3.40. The van der Waals surface area contributed by atoms with E-state index in [9.17, 15) is 4.79 Å². The van der Waals surface area contributed by atoms with Crippen molar-refractivity contribution in [3.8, 4) is 0 Å². The Labute approximate surface area is 117 Å². The minimum absolute atomic E-state index is 0.301. The molecule has 0 N–H and O–H groups in total. The Balaban J connectivity index is 2.02. The number of carbonyl (C=O) groups is 1. The quantitative estimate of drug-likeness (QED) is 0.781. The molecule has 0 fully saturated rings. The summed E-state index contributed by atoms with van der Waals surface area (Å²) in [6.45, 7) is 0. The van der Waals surface area contributed by atoms with Crippen LogP contribution in [-0.2, 0) is 11.2 Å². The Bertz CT molecular complexity index is 448. The maximum absolute atomic E-state index is 12.3. The van der Waals surface area contributed by atoms with Crippen molar-refractivity contribution in [2.75, 3.05) is 0 Å². The van der Waals surface area contributed by atoms with Gasteiger partial charge in [-0.3, -0.25) is 4.79 Å². The standard InChI is InChI=1S/C16H19BrO/c17-15-10-6-7-13(11-15)12-16(18)14-8-4-2-1-3-5-9-14/h6-8,10-11H,1-5,9,12H2/b14-8+. The Kier molecular flexibility index (Phi) is 5.18. The minimum Gasteiger partial charge on any atom is -0.294 e. The Morgan fingerprint density at radius 1 is 1.17 bits per heavy atom. The van der Waals surface area contributed by atoms with Crippen molar-refractivity contribution >= 4 is 21.7 Å². The Hall–Kier alpha value is -0.890. The third kappa shape index (κ3) is 4.09. The van der Waals surface area contributed by atoms with Gasteiger partial charge in [0.15, 0.2) is 5.78 Å². The average Bonchev–Trinajstić information content (AvgIpc) is 2.28. The zero-order valence-electron chi connectivity index (χ0n) is 10.6. The number of ketones is 1. The smallest absolute Gasteiger partial charge is 0.162 e. The zero-order chi connectivity index (χ0) is 12.8. The summed E-state index contributed by atoms with van der Waals surface area (Å²) >= 11 is 3.44. The van der Waals surface area contributed by atoms with E-state index in [1.165, 1.54) is 19.3 Å². The van der Waals surface area contributed by atoms with Gasteiger partial charge in [-0.15, -0.1) is 0 Å². The summed E-state index contributed by atoms with van der Waals surface area (Å²) < 4.78 is 1.04. The number of carbonyl (C=O) groups excluding carboxylic acids is 1. The molecule has 0 saturated heterocycles. The van der Waals surface area contributed by atoms with Gasteiger partial charge in [-0.05, 0) is 49.0 Å². The summed E-state index contributed by atoms with van der Waals surface area (Å²) in [6, 6.07) is 8.02. The van der Waals surface area contributed by atoms with Crippen molar-refractivity contribution in [1.82, 2.24) is 0 Å². The number of hydrogen-bond acceptors (Lipinski definition) is 1. The van der Waals surface area contributed by atoms with Gasteiger partial charge in [0.2, 0.25) is 0 Å². The van der Waals surface area contributed by atoms with Crippen LogP contribution in [0.2, 0.25) is 0 Å². The van der Waals surface area contributed by atoms with Crippen molar-refractivity contribution in [3.05, 3.63) is 46.0 Å². The highest BCUT2D eigenvalue weighted by molar-refractivity contribution is 9.10. The molecule has 0 aromatic heterocycles. The average molecular weight is 307 g/mol. The lowest BCUT2D eigenvalue weighted by molar-refractivity contribution is -0.115. The fourth-order valence-corrected chi connectivity index (χ4v) is 2.84. The molecule has 1 aromatic rings. The molecule has 1 aliphatic carbocycles. The molecule has 1 nitrogen and oxygen atoms in total. The van der Waals surface area contributed by atoms with Crippen LogP contribution < -0.4 is 0 Å². The van der Waals surface area contributed by atoms with Gasteiger partial charge in [-0.1, -0.05) is 47.0 Å². The van der Waals surface area contributed by atoms with E-state index in [0.717, 1.165) is 34.9 Å². The van der Waals surface area contributed by atoms with E-state index >= 15 is 0 Å². The fourth-order valence-electron chi connectivity index (χ4n) is 2.39. The number of hydrogen-bond donors (Lipinski definition) is 0. The number of benzene rings is 1. The number of rotatable bonds is 3. The van der Waals surface area contributed by atoms with Crippen molar-refractivity contribution in [2.24, 2.45) is 0 Å².